The molecule has 194 valence electrons. The van der Waals surface area contributed by atoms with E-state index in [1.807, 2.05) is 6.92 Å². The lowest BCUT2D eigenvalue weighted by Crippen LogP contribution is -2.49. The molecule has 2 aromatic carbocycles. The van der Waals surface area contributed by atoms with Crippen LogP contribution in [0.4, 0.5) is 0 Å². The first-order valence-electron chi connectivity index (χ1n) is 12.4. The van der Waals surface area contributed by atoms with E-state index < -0.39 is 5.54 Å². The van der Waals surface area contributed by atoms with Gasteiger partial charge in [-0.05, 0) is 69.9 Å². The summed E-state index contributed by atoms with van der Waals surface area (Å²) in [5.41, 5.74) is 5.90. The average Bonchev–Trinajstić information content (AvgIpc) is 3.55. The molecule has 0 spiro atoms. The molecule has 5 aromatic rings. The van der Waals surface area contributed by atoms with E-state index >= 15 is 0 Å². The molecule has 6 rings (SSSR count). The van der Waals surface area contributed by atoms with Crippen LogP contribution in [0.1, 0.15) is 55.0 Å². The Morgan fingerprint density at radius 3 is 2.55 bits per heavy atom. The number of aromatic nitrogens is 5. The molecule has 7 nitrogen and oxygen atoms in total. The normalized spacial score (nSPS) is 17.1. The summed E-state index contributed by atoms with van der Waals surface area (Å²) in [4.78, 5) is 27.7. The van der Waals surface area contributed by atoms with Gasteiger partial charge in [-0.3, -0.25) is 4.79 Å². The quantitative estimate of drug-likeness (QED) is 0.258. The summed E-state index contributed by atoms with van der Waals surface area (Å²) in [7, 11) is 0. The molecule has 38 heavy (non-hydrogen) atoms. The van der Waals surface area contributed by atoms with Crippen LogP contribution in [0.25, 0.3) is 16.6 Å². The number of fused-ring (bicyclic) bond motifs is 3. The molecule has 1 amide bonds. The van der Waals surface area contributed by atoms with Crippen LogP contribution >= 0.6 is 34.5 Å². The second-order valence-corrected chi connectivity index (χ2v) is 12.0. The molecular formula is C28H26Cl2N6OS. The Morgan fingerprint density at radius 1 is 1.13 bits per heavy atom. The van der Waals surface area contributed by atoms with Gasteiger partial charge in [-0.15, -0.1) is 11.3 Å². The molecule has 0 radical (unpaired) electrons. The molecule has 1 atom stereocenters. The lowest BCUT2D eigenvalue weighted by atomic mass is 9.79. The fourth-order valence-electron chi connectivity index (χ4n) is 5.25. The maximum absolute atomic E-state index is 13.9. The van der Waals surface area contributed by atoms with Crippen LogP contribution in [0.2, 0.25) is 10.0 Å². The molecule has 0 unspecified atom stereocenters. The van der Waals surface area contributed by atoms with E-state index in [2.05, 4.69) is 52.4 Å². The molecule has 1 aliphatic carbocycles. The highest BCUT2D eigenvalue weighted by Gasteiger charge is 2.42. The topological polar surface area (TPSA) is 88.5 Å². The summed E-state index contributed by atoms with van der Waals surface area (Å²) in [5, 5.41) is 10.2. The van der Waals surface area contributed by atoms with Crippen molar-refractivity contribution in [3.05, 3.63) is 90.5 Å². The Kier molecular flexibility index (Phi) is 6.09. The highest BCUT2D eigenvalue weighted by atomic mass is 35.5. The lowest BCUT2D eigenvalue weighted by molar-refractivity contribution is 0.0885. The van der Waals surface area contributed by atoms with E-state index in [1.165, 1.54) is 22.2 Å². The number of aromatic amines is 1. The number of H-pyrrole nitrogens is 1. The van der Waals surface area contributed by atoms with Gasteiger partial charge in [0, 0.05) is 27.9 Å². The number of hydrogen-bond acceptors (Lipinski definition) is 5. The van der Waals surface area contributed by atoms with E-state index in [1.54, 1.807) is 41.4 Å². The standard InChI is InChI=1S/C28H26Cl2N6OS/c1-14-5-6-19-20-12-28(27-32-15(2)16(3)38-27,8-7-23(20)33-24(19)9-14)34-26(37)25-21(29)10-18(11-22(25)30)36-13-31-17(4)35-36/h5-6,9-11,13,33H,7-8,12H2,1-4H3,(H,34,37)/t28-/m1/s1. The summed E-state index contributed by atoms with van der Waals surface area (Å²) in [6.45, 7) is 7.96. The van der Waals surface area contributed by atoms with Crippen molar-refractivity contribution >= 4 is 51.3 Å². The predicted octanol–water partition coefficient (Wildman–Crippen LogP) is 6.56. The Morgan fingerprint density at radius 2 is 1.89 bits per heavy atom. The Labute approximate surface area is 234 Å². The summed E-state index contributed by atoms with van der Waals surface area (Å²) in [6.07, 6.45) is 3.69. The smallest absolute Gasteiger partial charge is 0.255 e. The molecule has 3 aromatic heterocycles. The minimum atomic E-state index is -0.692. The molecule has 0 aliphatic heterocycles. The fourth-order valence-corrected chi connectivity index (χ4v) is 6.98. The summed E-state index contributed by atoms with van der Waals surface area (Å²) in [5.74, 6) is 0.296. The van der Waals surface area contributed by atoms with Gasteiger partial charge in [0.15, 0.2) is 0 Å². The highest BCUT2D eigenvalue weighted by Crippen LogP contribution is 2.42. The van der Waals surface area contributed by atoms with Crippen molar-refractivity contribution in [1.82, 2.24) is 30.0 Å². The Bertz CT molecular complexity index is 1690. The number of nitrogens with one attached hydrogen (secondary N) is 2. The molecule has 0 fully saturated rings. The van der Waals surface area contributed by atoms with Crippen LogP contribution in [-0.2, 0) is 18.4 Å². The first-order chi connectivity index (χ1) is 18.1. The van der Waals surface area contributed by atoms with Gasteiger partial charge in [0.1, 0.15) is 17.2 Å². The zero-order chi connectivity index (χ0) is 26.8. The van der Waals surface area contributed by atoms with E-state index in [-0.39, 0.29) is 21.5 Å². The van der Waals surface area contributed by atoms with E-state index in [0.29, 0.717) is 24.4 Å². The molecule has 1 aliphatic rings. The third-order valence-corrected chi connectivity index (χ3v) is 9.22. The number of nitrogens with zero attached hydrogens (tertiary/aromatic N) is 4. The number of rotatable bonds is 4. The maximum Gasteiger partial charge on any atom is 0.255 e. The molecule has 0 saturated carbocycles. The van der Waals surface area contributed by atoms with Gasteiger partial charge in [-0.2, -0.15) is 5.10 Å². The third kappa shape index (κ3) is 4.21. The number of aryl methyl sites for hydroxylation is 5. The molecule has 2 N–H and O–H groups in total. The monoisotopic (exact) mass is 564 g/mol. The second kappa shape index (κ2) is 9.22. The number of benzene rings is 2. The van der Waals surface area contributed by atoms with Crippen molar-refractivity contribution in [3.8, 4) is 5.69 Å². The van der Waals surface area contributed by atoms with E-state index in [9.17, 15) is 4.79 Å². The minimum absolute atomic E-state index is 0.235. The van der Waals surface area contributed by atoms with Crippen molar-refractivity contribution in [3.63, 3.8) is 0 Å². The second-order valence-electron chi connectivity index (χ2n) is 10.0. The van der Waals surface area contributed by atoms with Crippen molar-refractivity contribution in [2.45, 2.75) is 52.5 Å². The zero-order valence-electron chi connectivity index (χ0n) is 21.4. The number of carbonyl (C=O) groups is 1. The van der Waals surface area contributed by atoms with Gasteiger partial charge in [0.25, 0.3) is 5.91 Å². The van der Waals surface area contributed by atoms with E-state index in [0.717, 1.165) is 27.5 Å². The van der Waals surface area contributed by atoms with Gasteiger partial charge in [0.2, 0.25) is 0 Å². The Balaban J connectivity index is 1.41. The average molecular weight is 566 g/mol. The van der Waals surface area contributed by atoms with Crippen molar-refractivity contribution in [2.24, 2.45) is 0 Å². The van der Waals surface area contributed by atoms with Gasteiger partial charge in [0.05, 0.1) is 32.5 Å². The zero-order valence-corrected chi connectivity index (χ0v) is 23.8. The largest absolute Gasteiger partial charge is 0.358 e. The molecule has 3 heterocycles. The molecule has 0 saturated heterocycles. The summed E-state index contributed by atoms with van der Waals surface area (Å²) in [6, 6.07) is 9.82. The Hall–Kier alpha value is -3.20. The van der Waals surface area contributed by atoms with Crippen LogP contribution in [0, 0.1) is 27.7 Å². The van der Waals surface area contributed by atoms with Crippen LogP contribution < -0.4 is 5.32 Å². The number of halogens is 2. The van der Waals surface area contributed by atoms with Crippen molar-refractivity contribution < 1.29 is 4.79 Å². The van der Waals surface area contributed by atoms with E-state index in [4.69, 9.17) is 28.2 Å². The highest BCUT2D eigenvalue weighted by molar-refractivity contribution is 7.11. The van der Waals surface area contributed by atoms with Gasteiger partial charge < -0.3 is 10.3 Å². The number of thiazole rings is 1. The van der Waals surface area contributed by atoms with Crippen LogP contribution in [0.3, 0.4) is 0 Å². The fraction of sp³-hybridized carbons (Fsp3) is 0.286. The summed E-state index contributed by atoms with van der Waals surface area (Å²) < 4.78 is 1.58. The molecule has 0 bridgehead atoms. The predicted molar refractivity (Wildman–Crippen MR) is 152 cm³/mol. The number of amides is 1. The summed E-state index contributed by atoms with van der Waals surface area (Å²) >= 11 is 14.9. The minimum Gasteiger partial charge on any atom is -0.358 e. The molecule has 10 heteroatoms. The van der Waals surface area contributed by atoms with Crippen LogP contribution in [-0.4, -0.2) is 30.6 Å². The lowest BCUT2D eigenvalue weighted by Gasteiger charge is -2.37. The van der Waals surface area contributed by atoms with Crippen molar-refractivity contribution in [1.29, 1.82) is 0 Å². The number of hydrogen-bond donors (Lipinski definition) is 2. The third-order valence-electron chi connectivity index (χ3n) is 7.35. The van der Waals surface area contributed by atoms with Gasteiger partial charge in [-0.1, -0.05) is 35.3 Å². The van der Waals surface area contributed by atoms with Crippen molar-refractivity contribution in [2.75, 3.05) is 0 Å². The number of carbonyl (C=O) groups excluding carboxylic acids is 1. The first-order valence-corrected chi connectivity index (χ1v) is 14.0. The van der Waals surface area contributed by atoms with Crippen LogP contribution in [0.15, 0.2) is 36.7 Å². The van der Waals surface area contributed by atoms with Gasteiger partial charge >= 0.3 is 0 Å². The van der Waals surface area contributed by atoms with Gasteiger partial charge in [-0.25, -0.2) is 14.6 Å². The molecular weight excluding hydrogens is 539 g/mol. The SMILES string of the molecule is Cc1ccc2c3c([nH]c2c1)CC[C@](NC(=O)c1c(Cl)cc(-n2cnc(C)n2)cc1Cl)(c1nc(C)c(C)s1)C3. The maximum atomic E-state index is 13.9. The van der Waals surface area contributed by atoms with Crippen LogP contribution in [0.5, 0.6) is 0 Å². The first kappa shape index (κ1) is 25.1.